The van der Waals surface area contributed by atoms with Crippen LogP contribution in [0.15, 0.2) is 18.2 Å². The lowest BCUT2D eigenvalue weighted by molar-refractivity contribution is -0.127. The van der Waals surface area contributed by atoms with Crippen LogP contribution in [0.3, 0.4) is 0 Å². The second kappa shape index (κ2) is 4.27. The van der Waals surface area contributed by atoms with Gasteiger partial charge in [-0.3, -0.25) is 10.2 Å². The molecule has 1 amide bonds. The first-order chi connectivity index (χ1) is 7.95. The molecule has 1 saturated carbocycles. The second-order valence-electron chi connectivity index (χ2n) is 4.55. The molecular weight excluding hydrogens is 243 g/mol. The highest BCUT2D eigenvalue weighted by Crippen LogP contribution is 2.49. The highest BCUT2D eigenvalue weighted by atomic mass is 35.5. The van der Waals surface area contributed by atoms with Gasteiger partial charge in [-0.15, -0.1) is 0 Å². The molecule has 1 aromatic rings. The molecule has 0 radical (unpaired) electrons. The zero-order valence-electron chi connectivity index (χ0n) is 9.76. The summed E-state index contributed by atoms with van der Waals surface area (Å²) in [7, 11) is 3.51. The van der Waals surface area contributed by atoms with Gasteiger partial charge in [0.15, 0.2) is 0 Å². The minimum Gasteiger partial charge on any atom is -0.289 e. The van der Waals surface area contributed by atoms with E-state index in [4.69, 9.17) is 11.6 Å². The Morgan fingerprint density at radius 3 is 2.59 bits per heavy atom. The third-order valence-corrected chi connectivity index (χ3v) is 3.27. The van der Waals surface area contributed by atoms with Crippen molar-refractivity contribution in [2.75, 3.05) is 14.1 Å². The Bertz CT molecular complexity index is 458. The number of hydrogen-bond acceptors (Lipinski definition) is 2. The Kier molecular flexibility index (Phi) is 3.10. The van der Waals surface area contributed by atoms with E-state index in [0.29, 0.717) is 0 Å². The number of rotatable bonds is 3. The van der Waals surface area contributed by atoms with Gasteiger partial charge in [-0.25, -0.2) is 9.40 Å². The van der Waals surface area contributed by atoms with Gasteiger partial charge in [0, 0.05) is 14.1 Å². The molecule has 0 heterocycles. The third-order valence-electron chi connectivity index (χ3n) is 2.98. The first-order valence-corrected chi connectivity index (χ1v) is 5.77. The van der Waals surface area contributed by atoms with Crippen molar-refractivity contribution in [1.29, 1.82) is 0 Å². The van der Waals surface area contributed by atoms with Gasteiger partial charge in [0.25, 0.3) is 0 Å². The van der Waals surface area contributed by atoms with E-state index >= 15 is 0 Å². The molecule has 17 heavy (non-hydrogen) atoms. The van der Waals surface area contributed by atoms with Crippen LogP contribution in [0.2, 0.25) is 5.02 Å². The van der Waals surface area contributed by atoms with Crippen molar-refractivity contribution >= 4 is 17.5 Å². The van der Waals surface area contributed by atoms with Gasteiger partial charge < -0.3 is 0 Å². The summed E-state index contributed by atoms with van der Waals surface area (Å²) in [4.78, 5) is 12.0. The van der Waals surface area contributed by atoms with Gasteiger partial charge in [0.05, 0.1) is 10.4 Å². The van der Waals surface area contributed by atoms with Crippen LogP contribution in [0.25, 0.3) is 0 Å². The quantitative estimate of drug-likeness (QED) is 0.840. The van der Waals surface area contributed by atoms with Crippen molar-refractivity contribution in [3.63, 3.8) is 0 Å². The van der Waals surface area contributed by atoms with E-state index in [2.05, 4.69) is 5.43 Å². The smallest absolute Gasteiger partial charge is 0.244 e. The third kappa shape index (κ3) is 2.28. The zero-order chi connectivity index (χ0) is 12.6. The molecule has 5 heteroatoms. The fourth-order valence-corrected chi connectivity index (χ4v) is 2.06. The minimum absolute atomic E-state index is 0.0615. The van der Waals surface area contributed by atoms with Crippen molar-refractivity contribution < 1.29 is 9.18 Å². The number of hydrazine groups is 1. The molecular formula is C12H14ClFN2O. The number of carbonyl (C=O) groups is 1. The summed E-state index contributed by atoms with van der Waals surface area (Å²) in [6.45, 7) is 0. The summed E-state index contributed by atoms with van der Waals surface area (Å²) in [6.07, 6.45) is 1.54. The second-order valence-corrected chi connectivity index (χ2v) is 4.95. The highest BCUT2D eigenvalue weighted by Gasteiger charge is 2.51. The van der Waals surface area contributed by atoms with Gasteiger partial charge >= 0.3 is 0 Å². The van der Waals surface area contributed by atoms with Crippen molar-refractivity contribution in [1.82, 2.24) is 10.4 Å². The number of nitrogens with one attached hydrogen (secondary N) is 1. The van der Waals surface area contributed by atoms with E-state index in [-0.39, 0.29) is 10.9 Å². The molecule has 0 aliphatic heterocycles. The maximum Gasteiger partial charge on any atom is 0.244 e. The van der Waals surface area contributed by atoms with E-state index < -0.39 is 11.2 Å². The van der Waals surface area contributed by atoms with Crippen molar-refractivity contribution in [2.24, 2.45) is 0 Å². The van der Waals surface area contributed by atoms with E-state index in [1.165, 1.54) is 6.07 Å². The average Bonchev–Trinajstić information content (AvgIpc) is 3.02. The predicted octanol–water partition coefficient (Wildman–Crippen LogP) is 2.10. The molecule has 2 rings (SSSR count). The number of halogens is 2. The minimum atomic E-state index is -0.526. The Hall–Kier alpha value is -1.13. The SMILES string of the molecule is CN(C)NC(=O)C1(c2ccc(F)c(Cl)c2)CC1. The summed E-state index contributed by atoms with van der Waals surface area (Å²) in [5.74, 6) is -0.524. The maximum atomic E-state index is 13.1. The molecule has 0 spiro atoms. The lowest BCUT2D eigenvalue weighted by atomic mass is 9.95. The molecule has 3 nitrogen and oxygen atoms in total. The molecule has 0 bridgehead atoms. The number of hydrogen-bond donors (Lipinski definition) is 1. The maximum absolute atomic E-state index is 13.1. The zero-order valence-corrected chi connectivity index (χ0v) is 10.5. The van der Waals surface area contributed by atoms with E-state index in [0.717, 1.165) is 18.4 Å². The lowest BCUT2D eigenvalue weighted by Gasteiger charge is -2.19. The summed E-state index contributed by atoms with van der Waals surface area (Å²) in [5, 5.41) is 1.67. The van der Waals surface area contributed by atoms with Crippen LogP contribution in [0.5, 0.6) is 0 Å². The largest absolute Gasteiger partial charge is 0.289 e. The molecule has 0 aromatic heterocycles. The molecule has 0 saturated heterocycles. The number of carbonyl (C=O) groups excluding carboxylic acids is 1. The van der Waals surface area contributed by atoms with Gasteiger partial charge in [-0.05, 0) is 30.5 Å². The molecule has 92 valence electrons. The fourth-order valence-electron chi connectivity index (χ4n) is 1.88. The summed E-state index contributed by atoms with van der Waals surface area (Å²) in [5.41, 5.74) is 2.99. The van der Waals surface area contributed by atoms with Crippen molar-refractivity contribution in [2.45, 2.75) is 18.3 Å². The van der Waals surface area contributed by atoms with Crippen LogP contribution in [0, 0.1) is 5.82 Å². The van der Waals surface area contributed by atoms with Crippen LogP contribution in [0.4, 0.5) is 4.39 Å². The monoisotopic (exact) mass is 256 g/mol. The van der Waals surface area contributed by atoms with Crippen LogP contribution < -0.4 is 5.43 Å². The molecule has 1 aliphatic rings. The molecule has 0 unspecified atom stereocenters. The van der Waals surface area contributed by atoms with E-state index in [1.807, 2.05) is 0 Å². The Morgan fingerprint density at radius 2 is 2.12 bits per heavy atom. The van der Waals surface area contributed by atoms with E-state index in [1.54, 1.807) is 31.2 Å². The predicted molar refractivity (Wildman–Crippen MR) is 64.2 cm³/mol. The molecule has 0 atom stereocenters. The van der Waals surface area contributed by atoms with Crippen molar-refractivity contribution in [3.05, 3.63) is 34.6 Å². The van der Waals surface area contributed by atoms with Crippen molar-refractivity contribution in [3.8, 4) is 0 Å². The number of nitrogens with zero attached hydrogens (tertiary/aromatic N) is 1. The molecule has 1 N–H and O–H groups in total. The Morgan fingerprint density at radius 1 is 1.47 bits per heavy atom. The summed E-state index contributed by atoms with van der Waals surface area (Å²) in [6, 6.07) is 4.48. The molecule has 1 fully saturated rings. The van der Waals surface area contributed by atoms with Crippen LogP contribution in [-0.2, 0) is 10.2 Å². The topological polar surface area (TPSA) is 32.3 Å². The first-order valence-electron chi connectivity index (χ1n) is 5.40. The fraction of sp³-hybridized carbons (Fsp3) is 0.417. The number of benzene rings is 1. The van der Waals surface area contributed by atoms with Gasteiger partial charge in [-0.1, -0.05) is 17.7 Å². The van der Waals surface area contributed by atoms with Crippen LogP contribution >= 0.6 is 11.6 Å². The van der Waals surface area contributed by atoms with Gasteiger partial charge in [0.2, 0.25) is 5.91 Å². The van der Waals surface area contributed by atoms with Crippen LogP contribution in [-0.4, -0.2) is 25.0 Å². The normalized spacial score (nSPS) is 17.0. The summed E-state index contributed by atoms with van der Waals surface area (Å²) >= 11 is 5.74. The van der Waals surface area contributed by atoms with Gasteiger partial charge in [0.1, 0.15) is 5.82 Å². The van der Waals surface area contributed by atoms with Crippen LogP contribution in [0.1, 0.15) is 18.4 Å². The molecule has 1 aliphatic carbocycles. The lowest BCUT2D eigenvalue weighted by Crippen LogP contribution is -2.42. The average molecular weight is 257 g/mol. The standard InChI is InChI=1S/C12H14ClFN2O/c1-16(2)15-11(17)12(5-6-12)8-3-4-10(14)9(13)7-8/h3-4,7H,5-6H2,1-2H3,(H,15,17). The number of amides is 1. The van der Waals surface area contributed by atoms with E-state index in [9.17, 15) is 9.18 Å². The highest BCUT2D eigenvalue weighted by molar-refractivity contribution is 6.30. The summed E-state index contributed by atoms with van der Waals surface area (Å²) < 4.78 is 13.1. The first kappa shape index (κ1) is 12.3. The Balaban J connectivity index is 2.26. The van der Waals surface area contributed by atoms with Gasteiger partial charge in [-0.2, -0.15) is 0 Å². The molecule has 1 aromatic carbocycles. The Labute approximate surface area is 105 Å².